The minimum absolute atomic E-state index is 0.212. The molecule has 1 aliphatic heterocycles. The van der Waals surface area contributed by atoms with E-state index in [0.29, 0.717) is 13.0 Å². The maximum atomic E-state index is 11.9. The molecule has 2 atom stereocenters. The van der Waals surface area contributed by atoms with Gasteiger partial charge in [0.2, 0.25) is 5.91 Å². The summed E-state index contributed by atoms with van der Waals surface area (Å²) in [6.07, 6.45) is 0.305. The third-order valence-corrected chi connectivity index (χ3v) is 3.39. The molecule has 1 heterocycles. The van der Waals surface area contributed by atoms with Crippen LogP contribution in [0.15, 0.2) is 30.3 Å². The van der Waals surface area contributed by atoms with E-state index in [1.807, 2.05) is 30.3 Å². The van der Waals surface area contributed by atoms with Crippen molar-refractivity contribution in [1.82, 2.24) is 4.90 Å². The predicted octanol–water partition coefficient (Wildman–Crippen LogP) is 1.57. The zero-order chi connectivity index (χ0) is 13.1. The molecule has 1 aliphatic rings. The zero-order valence-corrected chi connectivity index (χ0v) is 10.8. The molecule has 1 saturated heterocycles. The summed E-state index contributed by atoms with van der Waals surface area (Å²) >= 11 is 5.92. The summed E-state index contributed by atoms with van der Waals surface area (Å²) in [6, 6.07) is 8.91. The number of alkyl halides is 1. The molecule has 1 aromatic carbocycles. The Morgan fingerprint density at radius 2 is 2.11 bits per heavy atom. The summed E-state index contributed by atoms with van der Waals surface area (Å²) in [5.41, 5.74) is 0.963. The fourth-order valence-corrected chi connectivity index (χ4v) is 2.38. The van der Waals surface area contributed by atoms with E-state index in [0.717, 1.165) is 5.56 Å². The number of hydrogen-bond acceptors (Lipinski definition) is 3. The van der Waals surface area contributed by atoms with Crippen LogP contribution in [0, 0.1) is 0 Å². The molecule has 96 valence electrons. The molecule has 0 N–H and O–H groups in total. The Bertz CT molecular complexity index is 449. The van der Waals surface area contributed by atoms with Crippen molar-refractivity contribution >= 4 is 23.5 Å². The topological polar surface area (TPSA) is 46.6 Å². The largest absolute Gasteiger partial charge is 0.467 e. The van der Waals surface area contributed by atoms with Gasteiger partial charge in [-0.25, -0.2) is 4.79 Å². The van der Waals surface area contributed by atoms with Crippen molar-refractivity contribution in [1.29, 1.82) is 0 Å². The van der Waals surface area contributed by atoms with Gasteiger partial charge in [-0.2, -0.15) is 0 Å². The Kier molecular flexibility index (Phi) is 3.87. The van der Waals surface area contributed by atoms with E-state index in [1.165, 1.54) is 12.0 Å². The van der Waals surface area contributed by atoms with Gasteiger partial charge < -0.3 is 9.64 Å². The molecular weight excluding hydrogens is 254 g/mol. The average Bonchev–Trinajstić information content (AvgIpc) is 2.67. The van der Waals surface area contributed by atoms with Crippen LogP contribution >= 0.6 is 11.6 Å². The first-order valence-corrected chi connectivity index (χ1v) is 6.13. The van der Waals surface area contributed by atoms with E-state index in [9.17, 15) is 9.59 Å². The van der Waals surface area contributed by atoms with E-state index >= 15 is 0 Å². The molecule has 4 nitrogen and oxygen atoms in total. The molecule has 0 bridgehead atoms. The number of likely N-dealkylation sites (tertiary alicyclic amines) is 1. The summed E-state index contributed by atoms with van der Waals surface area (Å²) in [4.78, 5) is 25.0. The Morgan fingerprint density at radius 3 is 2.72 bits per heavy atom. The minimum Gasteiger partial charge on any atom is -0.467 e. The molecule has 18 heavy (non-hydrogen) atoms. The third-order valence-electron chi connectivity index (χ3n) is 3.03. The maximum absolute atomic E-state index is 11.9. The number of methoxy groups -OCH3 is 1. The molecular formula is C13H14ClNO3. The summed E-state index contributed by atoms with van der Waals surface area (Å²) in [5.74, 6) is -0.627. The van der Waals surface area contributed by atoms with Gasteiger partial charge in [0.1, 0.15) is 11.4 Å². The van der Waals surface area contributed by atoms with E-state index in [-0.39, 0.29) is 5.91 Å². The summed E-state index contributed by atoms with van der Waals surface area (Å²) < 4.78 is 4.71. The van der Waals surface area contributed by atoms with Gasteiger partial charge in [0.15, 0.2) is 0 Å². The second-order valence-corrected chi connectivity index (χ2v) is 4.72. The molecule has 1 fully saturated rings. The van der Waals surface area contributed by atoms with Crippen LogP contribution in [-0.2, 0) is 20.9 Å². The fourth-order valence-electron chi connectivity index (χ4n) is 2.09. The molecule has 0 aromatic heterocycles. The number of halogens is 1. The number of amides is 1. The lowest BCUT2D eigenvalue weighted by molar-refractivity contribution is -0.149. The number of nitrogens with zero attached hydrogens (tertiary/aromatic N) is 1. The van der Waals surface area contributed by atoms with Gasteiger partial charge >= 0.3 is 5.97 Å². The molecule has 1 amide bonds. The zero-order valence-electron chi connectivity index (χ0n) is 10.0. The van der Waals surface area contributed by atoms with Crippen molar-refractivity contribution in [3.05, 3.63) is 35.9 Å². The minimum atomic E-state index is -0.641. The highest BCUT2D eigenvalue weighted by Crippen LogP contribution is 2.26. The summed E-state index contributed by atoms with van der Waals surface area (Å²) in [7, 11) is 1.31. The monoisotopic (exact) mass is 267 g/mol. The standard InChI is InChI=1S/C13H14ClNO3/c1-18-13(17)11-7-10(14)12(16)15(11)8-9-5-3-2-4-6-9/h2-6,10-11H,7-8H2,1H3/t10-,11-/m0/s1. The Morgan fingerprint density at radius 1 is 1.44 bits per heavy atom. The van der Waals surface area contributed by atoms with Crippen LogP contribution in [0.5, 0.6) is 0 Å². The molecule has 0 radical (unpaired) electrons. The average molecular weight is 268 g/mol. The fraction of sp³-hybridized carbons (Fsp3) is 0.385. The number of carbonyl (C=O) groups excluding carboxylic acids is 2. The van der Waals surface area contributed by atoms with E-state index in [2.05, 4.69) is 0 Å². The lowest BCUT2D eigenvalue weighted by atomic mass is 10.2. The Labute approximate surface area is 110 Å². The van der Waals surface area contributed by atoms with Crippen LogP contribution in [0.25, 0.3) is 0 Å². The van der Waals surface area contributed by atoms with Crippen molar-refractivity contribution in [2.75, 3.05) is 7.11 Å². The summed E-state index contributed by atoms with van der Waals surface area (Å²) in [6.45, 7) is 0.378. The Hall–Kier alpha value is -1.55. The normalized spacial score (nSPS) is 23.2. The second kappa shape index (κ2) is 5.40. The van der Waals surface area contributed by atoms with Gasteiger partial charge in [0.05, 0.1) is 7.11 Å². The van der Waals surface area contributed by atoms with Gasteiger partial charge in [0, 0.05) is 13.0 Å². The predicted molar refractivity (Wildman–Crippen MR) is 67.1 cm³/mol. The van der Waals surface area contributed by atoms with Crippen LogP contribution in [0.2, 0.25) is 0 Å². The van der Waals surface area contributed by atoms with Gasteiger partial charge in [-0.05, 0) is 5.56 Å². The number of rotatable bonds is 3. The number of benzene rings is 1. The van der Waals surface area contributed by atoms with Gasteiger partial charge in [0.25, 0.3) is 0 Å². The molecule has 5 heteroatoms. The van der Waals surface area contributed by atoms with Crippen molar-refractivity contribution in [3.8, 4) is 0 Å². The smallest absolute Gasteiger partial charge is 0.328 e. The van der Waals surface area contributed by atoms with Crippen LogP contribution < -0.4 is 0 Å². The van der Waals surface area contributed by atoms with Crippen molar-refractivity contribution < 1.29 is 14.3 Å². The van der Waals surface area contributed by atoms with Crippen LogP contribution in [0.1, 0.15) is 12.0 Å². The van der Waals surface area contributed by atoms with Gasteiger partial charge in [-0.1, -0.05) is 30.3 Å². The summed E-state index contributed by atoms with van der Waals surface area (Å²) in [5, 5.41) is -0.641. The highest BCUT2D eigenvalue weighted by molar-refractivity contribution is 6.31. The molecule has 0 spiro atoms. The first-order valence-electron chi connectivity index (χ1n) is 5.69. The second-order valence-electron chi connectivity index (χ2n) is 4.19. The van der Waals surface area contributed by atoms with Crippen LogP contribution in [0.3, 0.4) is 0 Å². The number of ether oxygens (including phenoxy) is 1. The lowest BCUT2D eigenvalue weighted by Gasteiger charge is -2.22. The lowest BCUT2D eigenvalue weighted by Crippen LogP contribution is -2.39. The van der Waals surface area contributed by atoms with E-state index < -0.39 is 17.4 Å². The van der Waals surface area contributed by atoms with Gasteiger partial charge in [-0.3, -0.25) is 4.79 Å². The highest BCUT2D eigenvalue weighted by Gasteiger charge is 2.42. The van der Waals surface area contributed by atoms with Crippen LogP contribution in [0.4, 0.5) is 0 Å². The molecule has 0 aliphatic carbocycles. The number of carbonyl (C=O) groups is 2. The van der Waals surface area contributed by atoms with Gasteiger partial charge in [-0.15, -0.1) is 11.6 Å². The highest BCUT2D eigenvalue weighted by atomic mass is 35.5. The van der Waals surface area contributed by atoms with Crippen molar-refractivity contribution in [3.63, 3.8) is 0 Å². The number of esters is 1. The first-order chi connectivity index (χ1) is 8.63. The number of hydrogen-bond donors (Lipinski definition) is 0. The molecule has 2 rings (SSSR count). The maximum Gasteiger partial charge on any atom is 0.328 e. The van der Waals surface area contributed by atoms with Crippen molar-refractivity contribution in [2.24, 2.45) is 0 Å². The van der Waals surface area contributed by atoms with E-state index in [1.54, 1.807) is 0 Å². The molecule has 0 saturated carbocycles. The first kappa shape index (κ1) is 12.9. The molecule has 0 unspecified atom stereocenters. The van der Waals surface area contributed by atoms with Crippen molar-refractivity contribution in [2.45, 2.75) is 24.4 Å². The third kappa shape index (κ3) is 2.48. The molecule has 1 aromatic rings. The Balaban J connectivity index is 2.17. The van der Waals surface area contributed by atoms with Crippen LogP contribution in [-0.4, -0.2) is 35.3 Å². The SMILES string of the molecule is COC(=O)[C@@H]1C[C@H](Cl)C(=O)N1Cc1ccccc1. The quantitative estimate of drug-likeness (QED) is 0.617. The van der Waals surface area contributed by atoms with E-state index in [4.69, 9.17) is 16.3 Å².